The summed E-state index contributed by atoms with van der Waals surface area (Å²) in [5.41, 5.74) is 13.5. The first-order valence-electron chi connectivity index (χ1n) is 30.8. The van der Waals surface area contributed by atoms with Crippen LogP contribution in [0.1, 0.15) is 118 Å². The minimum atomic E-state index is -3.18. The van der Waals surface area contributed by atoms with Gasteiger partial charge in [0.2, 0.25) is 67.4 Å². The van der Waals surface area contributed by atoms with E-state index in [1.54, 1.807) is 38.1 Å². The Morgan fingerprint density at radius 1 is 0.411 bits per heavy atom. The maximum absolute atomic E-state index is 15.9. The number of carbonyl (C=O) groups is 10. The lowest BCUT2D eigenvalue weighted by atomic mass is 10.0. The second-order valence-electron chi connectivity index (χ2n) is 24.6. The van der Waals surface area contributed by atoms with Gasteiger partial charge in [0.15, 0.2) is 0 Å². The van der Waals surface area contributed by atoms with E-state index in [1.807, 2.05) is 154 Å². The number of nitrogens with two attached hydrogens (primary N) is 2. The van der Waals surface area contributed by atoms with Gasteiger partial charge in [0.05, 0.1) is 25.9 Å². The molecule has 0 saturated carbocycles. The van der Waals surface area contributed by atoms with Crippen LogP contribution in [0.2, 0.25) is 22.2 Å². The van der Waals surface area contributed by atoms with Gasteiger partial charge in [0, 0.05) is 38.8 Å². The molecule has 4 atom stereocenters. The predicted octanol–water partition coefficient (Wildman–Crippen LogP) is 3.32. The number of nitrogens with one attached hydrogen (secondary N) is 8. The van der Waals surface area contributed by atoms with Crippen LogP contribution >= 0.6 is 0 Å². The lowest BCUT2D eigenvalue weighted by Gasteiger charge is -2.33. The van der Waals surface area contributed by atoms with Crippen LogP contribution in [0.3, 0.4) is 0 Å². The van der Waals surface area contributed by atoms with E-state index >= 15 is 4.11 Å². The molecule has 0 fully saturated rings. The Labute approximate surface area is 532 Å². The molecule has 0 aliphatic carbocycles. The zero-order valence-electron chi connectivity index (χ0n) is 54.3. The predicted molar refractivity (Wildman–Crippen MR) is 352 cm³/mol. The monoisotopic (exact) mass is 1280 g/mol. The third-order valence-corrected chi connectivity index (χ3v) is 24.9. The highest BCUT2D eigenvalue weighted by molar-refractivity contribution is 6.88. The smallest absolute Gasteiger partial charge is 0.282 e. The fraction of sp³-hybridized carbons (Fsp3) is 0.485. The van der Waals surface area contributed by atoms with E-state index in [2.05, 4.69) is 42.5 Å². The first-order chi connectivity index (χ1) is 42.3. The fourth-order valence-corrected chi connectivity index (χ4v) is 17.1. The second kappa shape index (κ2) is 37.2. The van der Waals surface area contributed by atoms with Crippen molar-refractivity contribution in [2.75, 3.05) is 26.2 Å². The third-order valence-electron chi connectivity index (χ3n) is 15.6. The SMILES string of the molecule is CC(C)[C@H](NC(=O)Cc1ccc([Si](O)(C(C)C)C(C)C)cc1)C(=O)NCCC(=O)N[C@@H](Cc1ccccc1)C(=O)NCC(N)=O.CC(C)[C@H](NC(=O)Cc1ccc([Si]([18F])(C(C)C)C(C)C)cc1)C(=O)NCCC(=O)N[C@@H](Cc1ccccc1)C(=O)NCC(N)=O. The summed E-state index contributed by atoms with van der Waals surface area (Å²) < 4.78 is 15.9. The molecular formula is C66H97FN10O11Si2. The molecule has 0 unspecified atom stereocenters. The molecule has 4 rings (SSSR count). The quantitative estimate of drug-likeness (QED) is 0.0238. The van der Waals surface area contributed by atoms with Gasteiger partial charge >= 0.3 is 0 Å². The van der Waals surface area contributed by atoms with Crippen LogP contribution in [0.15, 0.2) is 109 Å². The van der Waals surface area contributed by atoms with Crippen molar-refractivity contribution in [1.29, 1.82) is 0 Å². The first kappa shape index (κ1) is 76.2. The van der Waals surface area contributed by atoms with Crippen LogP contribution < -0.4 is 64.4 Å². The van der Waals surface area contributed by atoms with E-state index in [0.717, 1.165) is 21.9 Å². The van der Waals surface area contributed by atoms with Crippen LogP contribution in [0.4, 0.5) is 4.11 Å². The summed E-state index contributed by atoms with van der Waals surface area (Å²) in [6, 6.07) is 29.2. The summed E-state index contributed by atoms with van der Waals surface area (Å²) in [6.07, 6.45) is 0.282. The molecule has 4 aromatic rings. The van der Waals surface area contributed by atoms with Crippen molar-refractivity contribution in [2.45, 2.75) is 168 Å². The standard InChI is InChI=1S/C33H48FN5O5Si.C33H49N5O6Si/c1-21(2)31(39-30(42)19-25-12-14-26(15-13-25)45(34,22(3)4)23(5)6)33(44)36-17-16-29(41)38-27(32(43)37-20-28(35)40)18-24-10-8-7-9-11-24;1-21(2)31(38-30(41)19-25-12-14-26(15-13-25)45(44,22(3)4)23(5)6)33(43)35-17-16-29(40)37-27(32(42)36-20-28(34)39)18-24-10-8-7-9-11-24/h7-15,21-23,27,31H,16-20H2,1-6H3,(H2,35,40)(H,36,44)(H,37,43)(H,38,41)(H,39,42);7-15,21-23,27,31,44H,16-20H2,1-6H3,(H2,34,39)(H,35,43)(H,36,42)(H,37,40)(H,38,41)/t2*27-,31-/m00/s1/i34-1;. The molecule has 492 valence electrons. The summed E-state index contributed by atoms with van der Waals surface area (Å²) in [5, 5.41) is 22.7. The normalized spacial score (nSPS) is 12.8. The van der Waals surface area contributed by atoms with E-state index in [4.69, 9.17) is 11.5 Å². The van der Waals surface area contributed by atoms with Crippen molar-refractivity contribution < 1.29 is 56.8 Å². The maximum atomic E-state index is 15.9. The summed E-state index contributed by atoms with van der Waals surface area (Å²) in [4.78, 5) is 136. The Morgan fingerprint density at radius 3 is 1.04 bits per heavy atom. The highest BCUT2D eigenvalue weighted by Crippen LogP contribution is 2.33. The number of amides is 10. The van der Waals surface area contributed by atoms with Crippen molar-refractivity contribution in [3.8, 4) is 0 Å². The van der Waals surface area contributed by atoms with Gasteiger partial charge in [-0.1, -0.05) is 192 Å². The number of hydrogen-bond donors (Lipinski definition) is 11. The van der Waals surface area contributed by atoms with E-state index in [0.29, 0.717) is 10.8 Å². The lowest BCUT2D eigenvalue weighted by molar-refractivity contribution is -0.131. The van der Waals surface area contributed by atoms with Crippen LogP contribution in [0, 0.1) is 11.8 Å². The first-order valence-corrected chi connectivity index (χ1v) is 35.0. The molecule has 21 nitrogen and oxygen atoms in total. The van der Waals surface area contributed by atoms with Crippen LogP contribution in [0.5, 0.6) is 0 Å². The third kappa shape index (κ3) is 24.7. The largest absolute Gasteiger partial charge is 0.427 e. The van der Waals surface area contributed by atoms with E-state index in [9.17, 15) is 52.7 Å². The van der Waals surface area contributed by atoms with Gasteiger partial charge < -0.3 is 62.9 Å². The van der Waals surface area contributed by atoms with Crippen LogP contribution in [-0.4, -0.2) is 131 Å². The molecule has 0 aliphatic rings. The minimum absolute atomic E-state index is 0.00924. The highest BCUT2D eigenvalue weighted by atomic mass is 28.4. The molecule has 0 aromatic heterocycles. The minimum Gasteiger partial charge on any atom is -0.427 e. The van der Waals surface area contributed by atoms with Gasteiger partial charge in [-0.05, 0) is 66.6 Å². The van der Waals surface area contributed by atoms with Crippen molar-refractivity contribution in [2.24, 2.45) is 23.3 Å². The fourth-order valence-electron chi connectivity index (χ4n) is 10.4. The molecule has 0 radical (unpaired) electrons. The average molecular weight is 1280 g/mol. The number of carbonyl (C=O) groups excluding carboxylic acids is 10. The number of hydrogen-bond acceptors (Lipinski definition) is 11. The Balaban J connectivity index is 0.000000470. The summed E-state index contributed by atoms with van der Waals surface area (Å²) in [5.74, 6) is -5.45. The van der Waals surface area contributed by atoms with E-state index in [-0.39, 0.29) is 111 Å². The molecule has 0 spiro atoms. The van der Waals surface area contributed by atoms with Crippen molar-refractivity contribution in [1.82, 2.24) is 42.5 Å². The summed E-state index contributed by atoms with van der Waals surface area (Å²) in [7, 11) is -5.86. The molecular weight excluding hydrogens is 1180 g/mol. The lowest BCUT2D eigenvalue weighted by Crippen LogP contribution is -2.53. The van der Waals surface area contributed by atoms with Crippen molar-refractivity contribution in [3.63, 3.8) is 0 Å². The zero-order valence-corrected chi connectivity index (χ0v) is 56.3. The van der Waals surface area contributed by atoms with Gasteiger partial charge in [0.25, 0.3) is 8.41 Å². The molecule has 0 aliphatic heterocycles. The van der Waals surface area contributed by atoms with Gasteiger partial charge in [-0.2, -0.15) is 0 Å². The second-order valence-corrected chi connectivity index (χ2v) is 33.6. The molecule has 90 heavy (non-hydrogen) atoms. The number of benzene rings is 4. The topological polar surface area (TPSA) is 339 Å². The molecule has 0 saturated heterocycles. The van der Waals surface area contributed by atoms with E-state index in [1.165, 1.54) is 0 Å². The van der Waals surface area contributed by atoms with Crippen molar-refractivity contribution >= 4 is 86.2 Å². The Hall–Kier alpha value is -8.10. The van der Waals surface area contributed by atoms with Gasteiger partial charge in [-0.3, -0.25) is 47.9 Å². The van der Waals surface area contributed by atoms with Gasteiger partial charge in [0.1, 0.15) is 24.2 Å². The average Bonchev–Trinajstić information content (AvgIpc) is 0.880. The van der Waals surface area contributed by atoms with Gasteiger partial charge in [-0.15, -0.1) is 0 Å². The van der Waals surface area contributed by atoms with E-state index < -0.39 is 88.1 Å². The summed E-state index contributed by atoms with van der Waals surface area (Å²) in [6.45, 7) is 22.3. The van der Waals surface area contributed by atoms with Gasteiger partial charge in [-0.25, -0.2) is 0 Å². The Morgan fingerprint density at radius 2 is 0.744 bits per heavy atom. The number of primary amides is 2. The van der Waals surface area contributed by atoms with Crippen LogP contribution in [0.25, 0.3) is 0 Å². The zero-order chi connectivity index (χ0) is 67.5. The molecule has 0 bridgehead atoms. The summed E-state index contributed by atoms with van der Waals surface area (Å²) >= 11 is 0. The van der Waals surface area contributed by atoms with Crippen LogP contribution in [-0.2, 0) is 73.6 Å². The molecule has 13 N–H and O–H groups in total. The number of halogens is 1. The maximum Gasteiger partial charge on any atom is 0.282 e. The molecule has 4 aromatic carbocycles. The molecule has 0 heterocycles. The Kier molecular flexibility index (Phi) is 31.4. The van der Waals surface area contributed by atoms with Crippen molar-refractivity contribution in [3.05, 3.63) is 131 Å². The highest BCUT2D eigenvalue weighted by Gasteiger charge is 2.44. The Bertz CT molecular complexity index is 2790. The molecule has 24 heteroatoms. The number of rotatable bonds is 34. The molecule has 10 amide bonds.